The minimum atomic E-state index is -1.27. The highest BCUT2D eigenvalue weighted by molar-refractivity contribution is 9.10. The molecule has 0 unspecified atom stereocenters. The zero-order valence-electron chi connectivity index (χ0n) is 21.9. The molecule has 200 valence electrons. The maximum absolute atomic E-state index is 13.1. The number of hydrogen-bond acceptors (Lipinski definition) is 5. The van der Waals surface area contributed by atoms with Crippen LogP contribution in [0.4, 0.5) is 0 Å². The molecule has 0 saturated heterocycles. The van der Waals surface area contributed by atoms with Crippen LogP contribution in [-0.4, -0.2) is 35.4 Å². The summed E-state index contributed by atoms with van der Waals surface area (Å²) < 4.78 is 13.5. The van der Waals surface area contributed by atoms with Crippen molar-refractivity contribution in [1.29, 1.82) is 0 Å². The van der Waals surface area contributed by atoms with E-state index in [0.29, 0.717) is 24.0 Å². The summed E-state index contributed by atoms with van der Waals surface area (Å²) in [5.41, 5.74) is -0.459. The number of aliphatic hydroxyl groups is 1. The number of benzene rings is 2. The number of esters is 2. The molecule has 2 aromatic carbocycles. The first-order valence-electron chi connectivity index (χ1n) is 13.0. The Labute approximate surface area is 236 Å². The minimum Gasteiger partial charge on any atom is -0.462 e. The van der Waals surface area contributed by atoms with Gasteiger partial charge in [-0.05, 0) is 104 Å². The fourth-order valence-electron chi connectivity index (χ4n) is 7.03. The van der Waals surface area contributed by atoms with Crippen molar-refractivity contribution < 1.29 is 24.2 Å². The van der Waals surface area contributed by atoms with E-state index in [1.54, 1.807) is 43.3 Å². The Morgan fingerprint density at radius 2 is 1.43 bits per heavy atom. The van der Waals surface area contributed by atoms with Crippen molar-refractivity contribution in [2.24, 2.45) is 22.7 Å². The number of rotatable bonds is 6. The van der Waals surface area contributed by atoms with Gasteiger partial charge in [0.25, 0.3) is 0 Å². The maximum atomic E-state index is 13.1. The van der Waals surface area contributed by atoms with Crippen LogP contribution in [0.3, 0.4) is 0 Å². The number of carbonyl (C=O) groups excluding carboxylic acids is 2. The average Bonchev–Trinajstić information content (AvgIpc) is 2.83. The Kier molecular flexibility index (Phi) is 8.28. The molecular formula is C30H36Br2O5. The third-order valence-electron chi connectivity index (χ3n) is 8.93. The standard InChI is InChI=1S/C30H36Br2O5/c1-28(2)15-5-16-29(3)23(14-17-36-26(33)19-6-10-21(31)11-7-19)30(4,35)25(18-24(28)29)37-27(34)20-8-12-22(32)13-9-20/h6-13,23-25,35H,5,14-18H2,1-4H3/t23-,24+,25-,29-,30+/m1/s1. The van der Waals surface area contributed by atoms with Crippen LogP contribution in [0.15, 0.2) is 57.5 Å². The second-order valence-electron chi connectivity index (χ2n) is 11.7. The van der Waals surface area contributed by atoms with Gasteiger partial charge < -0.3 is 14.6 Å². The van der Waals surface area contributed by atoms with Crippen LogP contribution in [-0.2, 0) is 9.47 Å². The molecular weight excluding hydrogens is 600 g/mol. The Balaban J connectivity index is 1.56. The summed E-state index contributed by atoms with van der Waals surface area (Å²) in [5.74, 6) is -0.773. The fourth-order valence-corrected chi connectivity index (χ4v) is 7.56. The Bertz CT molecular complexity index is 1130. The molecule has 2 saturated carbocycles. The summed E-state index contributed by atoms with van der Waals surface area (Å²) >= 11 is 6.78. The lowest BCUT2D eigenvalue weighted by Crippen LogP contribution is -2.64. The van der Waals surface area contributed by atoms with Gasteiger partial charge in [0.05, 0.1) is 17.7 Å². The monoisotopic (exact) mass is 634 g/mol. The fraction of sp³-hybridized carbons (Fsp3) is 0.533. The van der Waals surface area contributed by atoms with E-state index in [0.717, 1.165) is 28.2 Å². The zero-order chi connectivity index (χ0) is 27.0. The first-order chi connectivity index (χ1) is 17.3. The lowest BCUT2D eigenvalue weighted by Gasteiger charge is -2.62. The van der Waals surface area contributed by atoms with Gasteiger partial charge in [-0.1, -0.05) is 59.1 Å². The molecule has 0 aliphatic heterocycles. The van der Waals surface area contributed by atoms with Crippen LogP contribution in [0.25, 0.3) is 0 Å². The summed E-state index contributed by atoms with van der Waals surface area (Å²) in [4.78, 5) is 25.7. The van der Waals surface area contributed by atoms with E-state index >= 15 is 0 Å². The van der Waals surface area contributed by atoms with Gasteiger partial charge in [0.2, 0.25) is 0 Å². The molecule has 0 heterocycles. The summed E-state index contributed by atoms with van der Waals surface area (Å²) in [6, 6.07) is 14.1. The van der Waals surface area contributed by atoms with Crippen molar-refractivity contribution in [3.05, 3.63) is 68.6 Å². The maximum Gasteiger partial charge on any atom is 0.338 e. The van der Waals surface area contributed by atoms with Gasteiger partial charge in [-0.3, -0.25) is 0 Å². The van der Waals surface area contributed by atoms with E-state index in [9.17, 15) is 14.7 Å². The average molecular weight is 636 g/mol. The van der Waals surface area contributed by atoms with Gasteiger partial charge in [-0.25, -0.2) is 9.59 Å². The Morgan fingerprint density at radius 3 is 2.00 bits per heavy atom. The van der Waals surface area contributed by atoms with Crippen LogP contribution in [0, 0.1) is 22.7 Å². The van der Waals surface area contributed by atoms with Crippen molar-refractivity contribution in [1.82, 2.24) is 0 Å². The molecule has 5 atom stereocenters. The van der Waals surface area contributed by atoms with E-state index in [2.05, 4.69) is 52.6 Å². The minimum absolute atomic E-state index is 0.0398. The first kappa shape index (κ1) is 28.3. The molecule has 5 nitrogen and oxygen atoms in total. The molecule has 1 N–H and O–H groups in total. The Morgan fingerprint density at radius 1 is 0.892 bits per heavy atom. The van der Waals surface area contributed by atoms with Crippen molar-refractivity contribution in [2.45, 2.75) is 71.5 Å². The molecule has 2 aliphatic rings. The van der Waals surface area contributed by atoms with Crippen molar-refractivity contribution in [3.8, 4) is 0 Å². The summed E-state index contributed by atoms with van der Waals surface area (Å²) in [7, 11) is 0. The third kappa shape index (κ3) is 5.84. The largest absolute Gasteiger partial charge is 0.462 e. The van der Waals surface area contributed by atoms with Crippen molar-refractivity contribution in [3.63, 3.8) is 0 Å². The van der Waals surface area contributed by atoms with Crippen molar-refractivity contribution in [2.75, 3.05) is 6.61 Å². The smallest absolute Gasteiger partial charge is 0.338 e. The molecule has 7 heteroatoms. The highest BCUT2D eigenvalue weighted by Gasteiger charge is 2.62. The Hall–Kier alpha value is -1.70. The summed E-state index contributed by atoms with van der Waals surface area (Å²) in [6.07, 6.45) is 3.59. The van der Waals surface area contributed by atoms with Gasteiger partial charge in [0.1, 0.15) is 11.7 Å². The molecule has 0 radical (unpaired) electrons. The molecule has 2 fully saturated rings. The zero-order valence-corrected chi connectivity index (χ0v) is 25.1. The van der Waals surface area contributed by atoms with Gasteiger partial charge >= 0.3 is 11.9 Å². The van der Waals surface area contributed by atoms with E-state index in [-0.39, 0.29) is 35.2 Å². The number of carbonyl (C=O) groups is 2. The molecule has 0 spiro atoms. The van der Waals surface area contributed by atoms with Crippen LogP contribution in [0.2, 0.25) is 0 Å². The second kappa shape index (κ2) is 10.8. The van der Waals surface area contributed by atoms with Crippen LogP contribution >= 0.6 is 31.9 Å². The number of hydrogen-bond donors (Lipinski definition) is 1. The first-order valence-corrected chi connectivity index (χ1v) is 14.5. The predicted octanol–water partition coefficient (Wildman–Crippen LogP) is 7.59. The molecule has 0 bridgehead atoms. The highest BCUT2D eigenvalue weighted by Crippen LogP contribution is 2.63. The van der Waals surface area contributed by atoms with Gasteiger partial charge in [-0.2, -0.15) is 0 Å². The highest BCUT2D eigenvalue weighted by atomic mass is 79.9. The summed E-state index contributed by atoms with van der Waals surface area (Å²) in [6.45, 7) is 8.81. The third-order valence-corrected chi connectivity index (χ3v) is 9.99. The predicted molar refractivity (Wildman–Crippen MR) is 150 cm³/mol. The van der Waals surface area contributed by atoms with Crippen LogP contribution in [0.1, 0.15) is 80.5 Å². The SMILES string of the molecule is CC1(C)CCC[C@@]2(C)[C@H]1C[C@@H](OC(=O)c1ccc(Br)cc1)[C@@](C)(O)[C@@H]2CCOC(=O)c1ccc(Br)cc1. The van der Waals surface area contributed by atoms with E-state index in [1.165, 1.54) is 0 Å². The summed E-state index contributed by atoms with van der Waals surface area (Å²) in [5, 5.41) is 12.0. The quantitative estimate of drug-likeness (QED) is 0.331. The molecule has 2 aliphatic carbocycles. The lowest BCUT2D eigenvalue weighted by molar-refractivity contribution is -0.222. The van der Waals surface area contributed by atoms with Gasteiger partial charge in [0.15, 0.2) is 0 Å². The topological polar surface area (TPSA) is 72.8 Å². The molecule has 0 amide bonds. The van der Waals surface area contributed by atoms with Gasteiger partial charge in [-0.15, -0.1) is 0 Å². The van der Waals surface area contributed by atoms with Crippen molar-refractivity contribution >= 4 is 43.8 Å². The number of ether oxygens (including phenoxy) is 2. The van der Waals surface area contributed by atoms with E-state index in [1.807, 2.05) is 12.1 Å². The number of halogens is 2. The van der Waals surface area contributed by atoms with Gasteiger partial charge in [0, 0.05) is 8.95 Å². The normalized spacial score (nSPS) is 30.7. The molecule has 37 heavy (non-hydrogen) atoms. The van der Waals surface area contributed by atoms with Crippen LogP contribution in [0.5, 0.6) is 0 Å². The van der Waals surface area contributed by atoms with Crippen LogP contribution < -0.4 is 0 Å². The molecule has 2 aromatic rings. The van der Waals surface area contributed by atoms with E-state index < -0.39 is 17.7 Å². The second-order valence-corrected chi connectivity index (χ2v) is 13.6. The molecule has 0 aromatic heterocycles. The lowest BCUT2D eigenvalue weighted by atomic mass is 9.44. The molecule has 4 rings (SSSR count). The van der Waals surface area contributed by atoms with E-state index in [4.69, 9.17) is 9.47 Å². The number of fused-ring (bicyclic) bond motifs is 1.